The lowest BCUT2D eigenvalue weighted by Crippen LogP contribution is -2.00. The maximum Gasteiger partial charge on any atom is 0.164 e. The molecule has 14 heteroatoms. The Labute approximate surface area is 858 Å². The highest BCUT2D eigenvalue weighted by Crippen LogP contribution is 2.53. The van der Waals surface area contributed by atoms with Crippen LogP contribution in [0, 0.1) is 0 Å². The van der Waals surface area contributed by atoms with Crippen molar-refractivity contribution in [3.8, 4) is 136 Å². The van der Waals surface area contributed by atoms with Crippen LogP contribution in [-0.2, 0) is 0 Å². The van der Waals surface area contributed by atoms with Crippen molar-refractivity contribution < 1.29 is 13.3 Å². The molecule has 0 atom stereocenters. The van der Waals surface area contributed by atoms with Crippen LogP contribution in [0.2, 0.25) is 0 Å². The predicted octanol–water partition coefficient (Wildman–Crippen LogP) is 37.6. The van der Waals surface area contributed by atoms with E-state index in [-0.39, 0.29) is 0 Å². The molecular formula is C134H78N8O3S3. The lowest BCUT2D eigenvalue weighted by Gasteiger charge is -2.15. The fourth-order valence-corrected chi connectivity index (χ4v) is 25.1. The number of para-hydroxylation sites is 2. The van der Waals surface area contributed by atoms with E-state index in [1.165, 1.54) is 93.2 Å². The van der Waals surface area contributed by atoms with Gasteiger partial charge in [0.15, 0.2) is 40.8 Å². The van der Waals surface area contributed by atoms with E-state index in [0.717, 1.165) is 171 Å². The van der Waals surface area contributed by atoms with Crippen molar-refractivity contribution in [3.63, 3.8) is 0 Å². The number of aromatic nitrogens is 8. The van der Waals surface area contributed by atoms with Crippen LogP contribution in [0.25, 0.3) is 305 Å². The van der Waals surface area contributed by atoms with Crippen LogP contribution in [0.3, 0.4) is 0 Å². The second-order valence-electron chi connectivity index (χ2n) is 37.2. The van der Waals surface area contributed by atoms with Crippen LogP contribution in [-0.4, -0.2) is 39.9 Å². The highest BCUT2D eigenvalue weighted by atomic mass is 32.1. The van der Waals surface area contributed by atoms with Gasteiger partial charge in [-0.15, -0.1) is 34.0 Å². The third kappa shape index (κ3) is 14.7. The van der Waals surface area contributed by atoms with Crippen LogP contribution >= 0.6 is 34.0 Å². The van der Waals surface area contributed by atoms with Crippen molar-refractivity contribution in [3.05, 3.63) is 473 Å². The summed E-state index contributed by atoms with van der Waals surface area (Å²) in [6, 6.07) is 165. The highest BCUT2D eigenvalue weighted by Gasteiger charge is 2.28. The van der Waals surface area contributed by atoms with Gasteiger partial charge in [0.05, 0.1) is 11.4 Å². The first-order chi connectivity index (χ1) is 73.3. The maximum atomic E-state index is 6.73. The molecule has 690 valence electrons. The van der Waals surface area contributed by atoms with Gasteiger partial charge in [0.25, 0.3) is 0 Å². The number of fused-ring (bicyclic) bond motifs is 28. The molecule has 0 spiro atoms. The van der Waals surface area contributed by atoms with E-state index >= 15 is 0 Å². The molecule has 31 rings (SSSR count). The summed E-state index contributed by atoms with van der Waals surface area (Å²) in [5, 5.41) is 23.4. The Bertz CT molecular complexity index is 10600. The topological polar surface area (TPSA) is 143 Å². The minimum Gasteiger partial charge on any atom is -0.455 e. The minimum atomic E-state index is 0.636. The van der Waals surface area contributed by atoms with E-state index in [2.05, 4.69) is 297 Å². The third-order valence-electron chi connectivity index (χ3n) is 28.5. The van der Waals surface area contributed by atoms with Gasteiger partial charge < -0.3 is 13.3 Å². The van der Waals surface area contributed by atoms with Gasteiger partial charge in [-0.2, -0.15) is 0 Å². The van der Waals surface area contributed by atoms with Gasteiger partial charge in [-0.05, 0) is 157 Å². The smallest absolute Gasteiger partial charge is 0.164 e. The highest BCUT2D eigenvalue weighted by molar-refractivity contribution is 7.27. The summed E-state index contributed by atoms with van der Waals surface area (Å²) in [4.78, 5) is 40.2. The van der Waals surface area contributed by atoms with Gasteiger partial charge in [-0.1, -0.05) is 376 Å². The summed E-state index contributed by atoms with van der Waals surface area (Å²) in [6.07, 6.45) is 0. The molecular weight excluding hydrogens is 1870 g/mol. The molecule has 0 unspecified atom stereocenters. The summed E-state index contributed by atoms with van der Waals surface area (Å²) in [5.74, 6) is 4.55. The summed E-state index contributed by atoms with van der Waals surface area (Å²) in [7, 11) is 0. The average molecular weight is 1940 g/mol. The van der Waals surface area contributed by atoms with Gasteiger partial charge in [0.1, 0.15) is 33.5 Å². The summed E-state index contributed by atoms with van der Waals surface area (Å²) < 4.78 is 27.7. The third-order valence-corrected chi connectivity index (χ3v) is 31.9. The van der Waals surface area contributed by atoms with E-state index in [1.54, 1.807) is 0 Å². The van der Waals surface area contributed by atoms with Crippen molar-refractivity contribution in [2.45, 2.75) is 0 Å². The van der Waals surface area contributed by atoms with Gasteiger partial charge in [-0.25, -0.2) is 39.9 Å². The Kier molecular flexibility index (Phi) is 20.6. The Morgan fingerprint density at radius 1 is 0.142 bits per heavy atom. The minimum absolute atomic E-state index is 0.636. The number of hydrogen-bond donors (Lipinski definition) is 0. The maximum absolute atomic E-state index is 6.73. The van der Waals surface area contributed by atoms with Crippen LogP contribution in [0.15, 0.2) is 486 Å². The van der Waals surface area contributed by atoms with Crippen molar-refractivity contribution in [2.24, 2.45) is 0 Å². The summed E-state index contributed by atoms with van der Waals surface area (Å²) in [6.45, 7) is 0. The fraction of sp³-hybridized carbons (Fsp3) is 0. The zero-order chi connectivity index (χ0) is 97.4. The zero-order valence-corrected chi connectivity index (χ0v) is 81.5. The first-order valence-electron chi connectivity index (χ1n) is 49.4. The Morgan fingerprint density at radius 2 is 0.473 bits per heavy atom. The number of furan rings is 3. The standard InChI is InChI=1S/C49H29N3OS.C47H27N3OS.C38H22N2OS/c1-3-13-30(14-4-1)47-50-48(31-15-5-2-6-16-31)52-49(51-47)35-20-12-18-33(28-35)32-17-11-19-34(27-32)40-29-43-44(39-22-8-10-24-42(39)54-43)45-37(40)25-26-38-36-21-7-9-23-41(36)53-46(38)45;1-3-13-28(14-4-1)45-48-46(29-15-5-2-6-16-29)50-47(49-45)36-26-23-32(30-17-7-8-18-31(30)36)38-27-41-42(37-20-10-12-22-40(37)52-41)43-34(38)24-25-35-33-19-9-11-21-39(33)51-44(35)43;1-3-10-23(11-4-1)29-22-30(24-12-5-2-6-13-24)40-38(39-29)28-15-9-16-31-35(28)27-20-18-25-19-21-33-36(34(25)37(27)41-31)26-14-7-8-17-32(26)42-33/h1-29H;1-27H;1-22H. The first kappa shape index (κ1) is 85.8. The number of benzene rings is 22. The largest absolute Gasteiger partial charge is 0.455 e. The second-order valence-corrected chi connectivity index (χ2v) is 40.5. The molecule has 9 heterocycles. The van der Waals surface area contributed by atoms with Crippen molar-refractivity contribution in [1.82, 2.24) is 39.9 Å². The molecule has 31 aromatic rings. The Morgan fingerprint density at radius 3 is 0.980 bits per heavy atom. The molecule has 22 aromatic carbocycles. The summed E-state index contributed by atoms with van der Waals surface area (Å²) >= 11 is 5.51. The van der Waals surface area contributed by atoms with Crippen LogP contribution in [0.5, 0.6) is 0 Å². The van der Waals surface area contributed by atoms with E-state index in [0.29, 0.717) is 40.8 Å². The molecule has 148 heavy (non-hydrogen) atoms. The van der Waals surface area contributed by atoms with Crippen molar-refractivity contribution >= 4 is 203 Å². The molecule has 0 fully saturated rings. The molecule has 0 amide bonds. The SMILES string of the molecule is c1ccc(-c2cc(-c3ccccc3)nc(-c3cccc4oc5c(ccc6ccc7sc8ccccc8c7c65)c34)n2)cc1.c1ccc(-c2nc(-c3ccccc3)nc(-c3ccc(-c4cc5sc6ccccc6c5c5c4ccc4c6ccccc6oc45)c4ccccc34)n2)cc1.c1ccc(-c2nc(-c3ccccc3)nc(-c3cccc(-c4cccc(-c5cc6sc7ccccc7c6c6c5ccc5c7ccccc7oc56)c4)c3)n2)cc1. The quantitative estimate of drug-likeness (QED) is 0.115. The van der Waals surface area contributed by atoms with E-state index in [1.807, 2.05) is 210 Å². The molecule has 0 N–H and O–H groups in total. The van der Waals surface area contributed by atoms with E-state index in [9.17, 15) is 0 Å². The molecule has 0 aliphatic rings. The molecule has 9 aromatic heterocycles. The Balaban J connectivity index is 0.000000106. The lowest BCUT2D eigenvalue weighted by molar-refractivity contribution is 0.672. The number of hydrogen-bond acceptors (Lipinski definition) is 14. The molecule has 0 saturated carbocycles. The molecule has 0 aliphatic heterocycles. The summed E-state index contributed by atoms with van der Waals surface area (Å²) in [5.41, 5.74) is 22.8. The average Bonchev–Trinajstić information content (AvgIpc) is 1.51. The van der Waals surface area contributed by atoms with Crippen molar-refractivity contribution in [2.75, 3.05) is 0 Å². The van der Waals surface area contributed by atoms with Crippen LogP contribution < -0.4 is 0 Å². The molecule has 0 saturated heterocycles. The molecule has 11 nitrogen and oxygen atoms in total. The first-order valence-corrected chi connectivity index (χ1v) is 51.8. The monoisotopic (exact) mass is 1940 g/mol. The fourth-order valence-electron chi connectivity index (χ4n) is 21.7. The predicted molar refractivity (Wildman–Crippen MR) is 617 cm³/mol. The van der Waals surface area contributed by atoms with Gasteiger partial charge in [0, 0.05) is 159 Å². The lowest BCUT2D eigenvalue weighted by atomic mass is 9.89. The van der Waals surface area contributed by atoms with E-state index in [4.69, 9.17) is 53.1 Å². The molecule has 0 radical (unpaired) electrons. The normalized spacial score (nSPS) is 11.8. The number of nitrogens with zero attached hydrogens (tertiary/aromatic N) is 8. The van der Waals surface area contributed by atoms with Gasteiger partial charge in [-0.3, -0.25) is 0 Å². The Hall–Kier alpha value is -19.0. The van der Waals surface area contributed by atoms with Crippen LogP contribution in [0.4, 0.5) is 0 Å². The van der Waals surface area contributed by atoms with Crippen LogP contribution in [0.1, 0.15) is 0 Å². The second kappa shape index (κ2) is 35.6. The number of thiophene rings is 3. The zero-order valence-electron chi connectivity index (χ0n) is 79.1. The van der Waals surface area contributed by atoms with E-state index < -0.39 is 0 Å². The molecule has 0 bridgehead atoms. The molecule has 0 aliphatic carbocycles. The van der Waals surface area contributed by atoms with Crippen molar-refractivity contribution in [1.29, 1.82) is 0 Å². The van der Waals surface area contributed by atoms with Gasteiger partial charge in [0.2, 0.25) is 0 Å². The number of rotatable bonds is 12. The van der Waals surface area contributed by atoms with Gasteiger partial charge >= 0.3 is 0 Å².